The van der Waals surface area contributed by atoms with Crippen molar-refractivity contribution < 1.29 is 9.90 Å². The van der Waals surface area contributed by atoms with Crippen LogP contribution in [0.2, 0.25) is 0 Å². The highest BCUT2D eigenvalue weighted by Gasteiger charge is 2.27. The van der Waals surface area contributed by atoms with Gasteiger partial charge >= 0.3 is 0 Å². The number of amides is 1. The number of carbonyl (C=O) groups excluding carboxylic acids is 1. The van der Waals surface area contributed by atoms with Gasteiger partial charge in [0.2, 0.25) is 5.91 Å². The maximum atomic E-state index is 12.0. The lowest BCUT2D eigenvalue weighted by molar-refractivity contribution is -0.123. The number of rotatable bonds is 4. The van der Waals surface area contributed by atoms with Crippen LogP contribution in [-0.4, -0.2) is 33.7 Å². The lowest BCUT2D eigenvalue weighted by Gasteiger charge is -2.23. The van der Waals surface area contributed by atoms with Crippen molar-refractivity contribution in [2.75, 3.05) is 13.2 Å². The second-order valence-electron chi connectivity index (χ2n) is 4.71. The van der Waals surface area contributed by atoms with Gasteiger partial charge in [0, 0.05) is 32.1 Å². The number of fused-ring (bicyclic) bond motifs is 1. The van der Waals surface area contributed by atoms with E-state index in [-0.39, 0.29) is 24.3 Å². The summed E-state index contributed by atoms with van der Waals surface area (Å²) in [4.78, 5) is 16.3. The number of aliphatic hydroxyl groups excluding tert-OH is 1. The van der Waals surface area contributed by atoms with Crippen LogP contribution in [0.5, 0.6) is 0 Å². The molecule has 1 amide bonds. The Balaban J connectivity index is 1.97. The minimum Gasteiger partial charge on any atom is -0.396 e. The quantitative estimate of drug-likeness (QED) is 0.801. The van der Waals surface area contributed by atoms with Gasteiger partial charge in [-0.15, -0.1) is 0 Å². The molecule has 0 saturated carbocycles. The zero-order valence-electron chi connectivity index (χ0n) is 10.1. The molecule has 17 heavy (non-hydrogen) atoms. The number of aromatic nitrogens is 2. The molecule has 2 atom stereocenters. The van der Waals surface area contributed by atoms with Gasteiger partial charge in [0.05, 0.1) is 5.92 Å². The summed E-state index contributed by atoms with van der Waals surface area (Å²) in [7, 11) is 0. The van der Waals surface area contributed by atoms with Crippen LogP contribution in [0.1, 0.15) is 31.5 Å². The number of hydrogen-bond donors (Lipinski definition) is 2. The van der Waals surface area contributed by atoms with E-state index >= 15 is 0 Å². The number of nitrogens with zero attached hydrogens (tertiary/aromatic N) is 2. The van der Waals surface area contributed by atoms with Gasteiger partial charge in [-0.1, -0.05) is 6.92 Å². The molecule has 2 heterocycles. The summed E-state index contributed by atoms with van der Waals surface area (Å²) in [5, 5.41) is 11.8. The topological polar surface area (TPSA) is 67.2 Å². The number of aliphatic hydroxyl groups is 1. The molecule has 94 valence electrons. The highest BCUT2D eigenvalue weighted by atomic mass is 16.3. The van der Waals surface area contributed by atoms with E-state index in [2.05, 4.69) is 10.3 Å². The van der Waals surface area contributed by atoms with Crippen molar-refractivity contribution >= 4 is 5.91 Å². The summed E-state index contributed by atoms with van der Waals surface area (Å²) < 4.78 is 2.04. The Morgan fingerprint density at radius 3 is 3.35 bits per heavy atom. The first-order valence-corrected chi connectivity index (χ1v) is 6.12. The molecule has 5 nitrogen and oxygen atoms in total. The fourth-order valence-corrected chi connectivity index (χ4v) is 2.13. The summed E-state index contributed by atoms with van der Waals surface area (Å²) in [6.45, 7) is 3.47. The van der Waals surface area contributed by atoms with Crippen molar-refractivity contribution in [1.29, 1.82) is 0 Å². The summed E-state index contributed by atoms with van der Waals surface area (Å²) in [6, 6.07) is 0. The molecule has 0 fully saturated rings. The van der Waals surface area contributed by atoms with Crippen molar-refractivity contribution in [3.63, 3.8) is 0 Å². The van der Waals surface area contributed by atoms with E-state index in [0.29, 0.717) is 6.54 Å². The van der Waals surface area contributed by atoms with Crippen LogP contribution in [-0.2, 0) is 11.3 Å². The molecule has 0 aromatic carbocycles. The van der Waals surface area contributed by atoms with Crippen molar-refractivity contribution in [2.24, 2.45) is 5.92 Å². The Kier molecular flexibility index (Phi) is 3.78. The van der Waals surface area contributed by atoms with Gasteiger partial charge < -0.3 is 15.0 Å². The zero-order valence-corrected chi connectivity index (χ0v) is 10.1. The van der Waals surface area contributed by atoms with Crippen molar-refractivity contribution in [3.05, 3.63) is 18.2 Å². The van der Waals surface area contributed by atoms with E-state index in [0.717, 1.165) is 25.2 Å². The second-order valence-corrected chi connectivity index (χ2v) is 4.71. The minimum absolute atomic E-state index is 0.0254. The van der Waals surface area contributed by atoms with Crippen molar-refractivity contribution in [1.82, 2.24) is 14.9 Å². The first kappa shape index (κ1) is 12.1. The molecule has 1 aliphatic heterocycles. The van der Waals surface area contributed by atoms with Crippen molar-refractivity contribution in [2.45, 2.75) is 32.2 Å². The highest BCUT2D eigenvalue weighted by Crippen LogP contribution is 2.25. The van der Waals surface area contributed by atoms with E-state index in [4.69, 9.17) is 5.11 Å². The van der Waals surface area contributed by atoms with Gasteiger partial charge in [-0.25, -0.2) is 4.98 Å². The summed E-state index contributed by atoms with van der Waals surface area (Å²) in [5.41, 5.74) is 0. The van der Waals surface area contributed by atoms with Gasteiger partial charge in [-0.3, -0.25) is 4.79 Å². The molecule has 0 spiro atoms. The van der Waals surface area contributed by atoms with Gasteiger partial charge in [0.1, 0.15) is 5.82 Å². The molecule has 1 aromatic rings. The Morgan fingerprint density at radius 2 is 2.59 bits per heavy atom. The average Bonchev–Trinajstić information content (AvgIpc) is 2.83. The molecule has 0 bridgehead atoms. The molecular formula is C12H19N3O2. The maximum absolute atomic E-state index is 12.0. The predicted octanol–water partition coefficient (Wildman–Crippen LogP) is 0.505. The lowest BCUT2D eigenvalue weighted by Crippen LogP contribution is -2.36. The van der Waals surface area contributed by atoms with Gasteiger partial charge in [0.25, 0.3) is 0 Å². The number of carbonyl (C=O) groups is 1. The largest absolute Gasteiger partial charge is 0.396 e. The highest BCUT2D eigenvalue weighted by molar-refractivity contribution is 5.82. The summed E-state index contributed by atoms with van der Waals surface area (Å²) in [5.74, 6) is 0.856. The monoisotopic (exact) mass is 237 g/mol. The molecule has 0 aliphatic carbocycles. The summed E-state index contributed by atoms with van der Waals surface area (Å²) in [6.07, 6.45) is 5.54. The second kappa shape index (κ2) is 5.31. The van der Waals surface area contributed by atoms with Crippen LogP contribution in [0.25, 0.3) is 0 Å². The maximum Gasteiger partial charge on any atom is 0.230 e. The third-order valence-corrected chi connectivity index (χ3v) is 3.20. The summed E-state index contributed by atoms with van der Waals surface area (Å²) >= 11 is 0. The number of aryl methyl sites for hydroxylation is 1. The van der Waals surface area contributed by atoms with E-state index in [1.54, 1.807) is 6.20 Å². The number of hydrogen-bond acceptors (Lipinski definition) is 3. The van der Waals surface area contributed by atoms with Crippen LogP contribution < -0.4 is 5.32 Å². The molecule has 5 heteroatoms. The molecule has 1 aliphatic rings. The van der Waals surface area contributed by atoms with Crippen LogP contribution >= 0.6 is 0 Å². The molecule has 0 radical (unpaired) electrons. The molecule has 2 unspecified atom stereocenters. The Labute approximate surface area is 101 Å². The SMILES string of the molecule is CC(CO)CNC(=O)C1CCCn2ccnc21. The molecule has 0 saturated heterocycles. The minimum atomic E-state index is -0.135. The van der Waals surface area contributed by atoms with Gasteiger partial charge in [-0.05, 0) is 18.8 Å². The smallest absolute Gasteiger partial charge is 0.230 e. The number of imidazole rings is 1. The first-order valence-electron chi connectivity index (χ1n) is 6.12. The molecule has 1 aromatic heterocycles. The van der Waals surface area contributed by atoms with Crippen LogP contribution in [0.3, 0.4) is 0 Å². The van der Waals surface area contributed by atoms with Gasteiger partial charge in [-0.2, -0.15) is 0 Å². The first-order chi connectivity index (χ1) is 8.22. The Hall–Kier alpha value is -1.36. The Bertz CT molecular complexity index is 389. The lowest BCUT2D eigenvalue weighted by atomic mass is 9.98. The van der Waals surface area contributed by atoms with Crippen LogP contribution in [0.4, 0.5) is 0 Å². The van der Waals surface area contributed by atoms with Crippen molar-refractivity contribution in [3.8, 4) is 0 Å². The fraction of sp³-hybridized carbons (Fsp3) is 0.667. The molecule has 2 N–H and O–H groups in total. The van der Waals surface area contributed by atoms with E-state index < -0.39 is 0 Å². The normalized spacial score (nSPS) is 20.7. The zero-order chi connectivity index (χ0) is 12.3. The average molecular weight is 237 g/mol. The standard InChI is InChI=1S/C12H19N3O2/c1-9(8-16)7-14-12(17)10-3-2-5-15-6-4-13-11(10)15/h4,6,9-10,16H,2-3,5,7-8H2,1H3,(H,14,17). The van der Waals surface area contributed by atoms with E-state index in [1.165, 1.54) is 0 Å². The third-order valence-electron chi connectivity index (χ3n) is 3.20. The Morgan fingerprint density at radius 1 is 1.76 bits per heavy atom. The third kappa shape index (κ3) is 2.66. The molecular weight excluding hydrogens is 218 g/mol. The predicted molar refractivity (Wildman–Crippen MR) is 63.5 cm³/mol. The van der Waals surface area contributed by atoms with E-state index in [1.807, 2.05) is 17.7 Å². The number of nitrogens with one attached hydrogen (secondary N) is 1. The van der Waals surface area contributed by atoms with Crippen LogP contribution in [0, 0.1) is 5.92 Å². The van der Waals surface area contributed by atoms with Crippen LogP contribution in [0.15, 0.2) is 12.4 Å². The van der Waals surface area contributed by atoms with Gasteiger partial charge in [0.15, 0.2) is 0 Å². The fourth-order valence-electron chi connectivity index (χ4n) is 2.13. The molecule has 2 rings (SSSR count). The van der Waals surface area contributed by atoms with E-state index in [9.17, 15) is 4.79 Å².